The van der Waals surface area contributed by atoms with Crippen LogP contribution in [0, 0.1) is 17.8 Å². The van der Waals surface area contributed by atoms with Gasteiger partial charge in [-0.1, -0.05) is 59.6 Å². The summed E-state index contributed by atoms with van der Waals surface area (Å²) < 4.78 is 45.1. The van der Waals surface area contributed by atoms with Crippen molar-refractivity contribution in [2.24, 2.45) is 17.8 Å². The lowest BCUT2D eigenvalue weighted by atomic mass is 9.90. The van der Waals surface area contributed by atoms with E-state index in [-0.39, 0.29) is 61.1 Å². The molecule has 1 aromatic carbocycles. The zero-order valence-electron chi connectivity index (χ0n) is 42.1. The van der Waals surface area contributed by atoms with Crippen LogP contribution in [0.25, 0.3) is 0 Å². The molecule has 6 N–H and O–H groups in total. The van der Waals surface area contributed by atoms with Gasteiger partial charge in [-0.25, -0.2) is 18.7 Å². The van der Waals surface area contributed by atoms with Gasteiger partial charge < -0.3 is 40.0 Å². The standard InChI is InChI=1S/C47H78N8O13S/c1-11-30(4)42(54(8)40(58)28-49-46(61)41(29(2)3)53(6)7)37(66-9)27-39(57)55-25-15-16-36(55)43(67-10)31(5)44(59)50-35(45(60)52-69(64,65)34-22-23-34)26-32-18-20-33(21-19-32)68-47(62)48-24-14-12-13-17-38(56)51-63/h18-21,29-31,34-37,41-43,63H,11-17,22-28H2,1-10H3,(H,48,62)(H,49,61)(H,50,59)(H,51,56)(H,52,60)/t30-,31+,35-,36-,37+,41?,42-,43+/m0/s1. The van der Waals surface area contributed by atoms with Crippen LogP contribution in [-0.2, 0) is 54.7 Å². The summed E-state index contributed by atoms with van der Waals surface area (Å²) in [5.41, 5.74) is 2.09. The van der Waals surface area contributed by atoms with Gasteiger partial charge in [-0.05, 0) is 82.2 Å². The van der Waals surface area contributed by atoms with Gasteiger partial charge in [0.2, 0.25) is 39.6 Å². The molecule has 3 rings (SSSR count). The second-order valence-corrected chi connectivity index (χ2v) is 20.8. The molecule has 69 heavy (non-hydrogen) atoms. The first-order valence-electron chi connectivity index (χ1n) is 24.0. The normalized spacial score (nSPS) is 18.0. The minimum absolute atomic E-state index is 0.0161. The lowest BCUT2D eigenvalue weighted by molar-refractivity contribution is -0.146. The molecule has 1 aliphatic carbocycles. The molecular formula is C47H78N8O13S. The van der Waals surface area contributed by atoms with Gasteiger partial charge in [0.05, 0.1) is 54.5 Å². The van der Waals surface area contributed by atoms with E-state index in [0.717, 1.165) is 0 Å². The van der Waals surface area contributed by atoms with E-state index in [9.17, 15) is 42.0 Å². The second kappa shape index (κ2) is 28.1. The lowest BCUT2D eigenvalue weighted by Gasteiger charge is -2.39. The van der Waals surface area contributed by atoms with E-state index in [1.807, 2.05) is 41.8 Å². The number of hydroxylamine groups is 1. The van der Waals surface area contributed by atoms with Gasteiger partial charge >= 0.3 is 6.09 Å². The highest BCUT2D eigenvalue weighted by atomic mass is 32.2. The molecule has 0 spiro atoms. The van der Waals surface area contributed by atoms with Crippen molar-refractivity contribution < 1.29 is 61.4 Å². The van der Waals surface area contributed by atoms with Gasteiger partial charge in [-0.2, -0.15) is 0 Å². The van der Waals surface area contributed by atoms with Gasteiger partial charge in [-0.3, -0.25) is 43.6 Å². The maximum absolute atomic E-state index is 14.3. The van der Waals surface area contributed by atoms with Crippen molar-refractivity contribution in [1.82, 2.24) is 40.9 Å². The number of nitrogens with one attached hydrogen (secondary N) is 5. The van der Waals surface area contributed by atoms with Gasteiger partial charge in [0, 0.05) is 47.2 Å². The molecule has 0 bridgehead atoms. The van der Waals surface area contributed by atoms with E-state index in [2.05, 4.69) is 20.7 Å². The molecule has 2 aliphatic rings. The van der Waals surface area contributed by atoms with Crippen molar-refractivity contribution in [3.63, 3.8) is 0 Å². The van der Waals surface area contributed by atoms with Crippen LogP contribution >= 0.6 is 0 Å². The number of rotatable bonds is 29. The molecule has 1 saturated carbocycles. The molecule has 1 saturated heterocycles. The molecule has 1 heterocycles. The summed E-state index contributed by atoms with van der Waals surface area (Å²) in [6.07, 6.45) is 2.09. The number of nitrogens with zero attached hydrogens (tertiary/aromatic N) is 3. The summed E-state index contributed by atoms with van der Waals surface area (Å²) in [4.78, 5) is 97.2. The highest BCUT2D eigenvalue weighted by Gasteiger charge is 2.43. The lowest BCUT2D eigenvalue weighted by Crippen LogP contribution is -2.56. The SMILES string of the molecule is CC[C@H](C)[C@@H]([C@@H](CC(=O)N1CCC[C@H]1[C@H](OC)[C@@H](C)C(=O)N[C@@H](Cc1ccc(OC(=O)NCCCCCC(=O)NO)cc1)C(=O)NS(=O)(=O)C1CC1)OC)N(C)C(=O)CNC(=O)C(C(C)C)N(C)C. The van der Waals surface area contributed by atoms with E-state index < -0.39 is 81.4 Å². The molecule has 1 aliphatic heterocycles. The average Bonchev–Trinajstić information content (AvgIpc) is 4.07. The van der Waals surface area contributed by atoms with E-state index in [1.54, 1.807) is 46.3 Å². The minimum Gasteiger partial charge on any atom is -0.410 e. The van der Waals surface area contributed by atoms with Crippen LogP contribution in [0.1, 0.15) is 104 Å². The molecule has 7 amide bonds. The number of carbonyl (C=O) groups is 7. The quantitative estimate of drug-likeness (QED) is 0.0382. The predicted octanol–water partition coefficient (Wildman–Crippen LogP) is 2.10. The predicted molar refractivity (Wildman–Crippen MR) is 256 cm³/mol. The Morgan fingerprint density at radius 3 is 2.10 bits per heavy atom. The van der Waals surface area contributed by atoms with Crippen molar-refractivity contribution in [2.45, 2.75) is 147 Å². The van der Waals surface area contributed by atoms with Crippen molar-refractivity contribution in [2.75, 3.05) is 55.0 Å². The number of ether oxygens (including phenoxy) is 3. The molecule has 0 radical (unpaired) electrons. The average molecular weight is 995 g/mol. The summed E-state index contributed by atoms with van der Waals surface area (Å²) in [7, 11) is 4.21. The highest BCUT2D eigenvalue weighted by molar-refractivity contribution is 7.90. The van der Waals surface area contributed by atoms with Crippen LogP contribution in [0.3, 0.4) is 0 Å². The number of hydrogen-bond acceptors (Lipinski definition) is 14. The first-order valence-corrected chi connectivity index (χ1v) is 25.5. The van der Waals surface area contributed by atoms with Crippen molar-refractivity contribution in [3.8, 4) is 5.75 Å². The maximum Gasteiger partial charge on any atom is 0.412 e. The highest BCUT2D eigenvalue weighted by Crippen LogP contribution is 2.30. The number of unbranched alkanes of at least 4 members (excludes halogenated alkanes) is 2. The van der Waals surface area contributed by atoms with E-state index in [0.29, 0.717) is 70.0 Å². The third kappa shape index (κ3) is 17.8. The molecule has 2 fully saturated rings. The smallest absolute Gasteiger partial charge is 0.410 e. The first kappa shape index (κ1) is 58.4. The molecule has 8 atom stereocenters. The molecule has 1 unspecified atom stereocenters. The Balaban J connectivity index is 1.72. The van der Waals surface area contributed by atoms with Crippen LogP contribution in [-0.4, -0.2) is 166 Å². The Kier molecular flexibility index (Phi) is 23.8. The van der Waals surface area contributed by atoms with Gasteiger partial charge in [0.1, 0.15) is 11.8 Å². The molecule has 1 aromatic rings. The third-order valence-electron chi connectivity index (χ3n) is 13.1. The molecule has 22 heteroatoms. The Morgan fingerprint density at radius 1 is 0.870 bits per heavy atom. The zero-order valence-corrected chi connectivity index (χ0v) is 42.9. The Hall–Kier alpha value is -4.90. The summed E-state index contributed by atoms with van der Waals surface area (Å²) >= 11 is 0. The molecule has 390 valence electrons. The van der Waals surface area contributed by atoms with Gasteiger partial charge in [-0.15, -0.1) is 0 Å². The zero-order chi connectivity index (χ0) is 51.6. The topological polar surface area (TPSA) is 271 Å². The summed E-state index contributed by atoms with van der Waals surface area (Å²) in [5, 5.41) is 16.0. The Morgan fingerprint density at radius 2 is 1.54 bits per heavy atom. The van der Waals surface area contributed by atoms with Crippen LogP contribution in [0.4, 0.5) is 4.79 Å². The van der Waals surface area contributed by atoms with E-state index in [1.165, 1.54) is 26.4 Å². The van der Waals surface area contributed by atoms with Gasteiger partial charge in [0.15, 0.2) is 0 Å². The number of carbonyl (C=O) groups excluding carboxylic acids is 7. The van der Waals surface area contributed by atoms with E-state index in [4.69, 9.17) is 19.4 Å². The van der Waals surface area contributed by atoms with Crippen LogP contribution in [0.2, 0.25) is 0 Å². The van der Waals surface area contributed by atoms with Crippen LogP contribution in [0.5, 0.6) is 5.75 Å². The summed E-state index contributed by atoms with van der Waals surface area (Å²) in [6.45, 7) is 9.89. The third-order valence-corrected chi connectivity index (χ3v) is 14.9. The number of amides is 7. The van der Waals surface area contributed by atoms with E-state index >= 15 is 0 Å². The number of methoxy groups -OCH3 is 2. The van der Waals surface area contributed by atoms with Crippen molar-refractivity contribution >= 4 is 51.6 Å². The van der Waals surface area contributed by atoms with Crippen molar-refractivity contribution in [3.05, 3.63) is 29.8 Å². The molecule has 21 nitrogen and oxygen atoms in total. The first-order chi connectivity index (χ1) is 32.6. The number of hydrogen-bond donors (Lipinski definition) is 6. The monoisotopic (exact) mass is 995 g/mol. The van der Waals surface area contributed by atoms with Gasteiger partial charge in [0.25, 0.3) is 5.91 Å². The number of sulfonamides is 1. The maximum atomic E-state index is 14.3. The van der Waals surface area contributed by atoms with Crippen LogP contribution in [0.15, 0.2) is 24.3 Å². The van der Waals surface area contributed by atoms with Crippen molar-refractivity contribution in [1.29, 1.82) is 0 Å². The minimum atomic E-state index is -3.98. The number of likely N-dealkylation sites (N-methyl/N-ethyl adjacent to an activating group) is 2. The second-order valence-electron chi connectivity index (χ2n) is 18.8. The number of benzene rings is 1. The fourth-order valence-electron chi connectivity index (χ4n) is 8.94. The summed E-state index contributed by atoms with van der Waals surface area (Å²) in [6, 6.07) is 3.33. The summed E-state index contributed by atoms with van der Waals surface area (Å²) in [5.74, 6) is -3.68. The number of likely N-dealkylation sites (tertiary alicyclic amines) is 1. The fraction of sp³-hybridized carbons (Fsp3) is 0.723. The van der Waals surface area contributed by atoms with Crippen LogP contribution < -0.4 is 30.9 Å². The molecular weight excluding hydrogens is 917 g/mol. The Bertz CT molecular complexity index is 1980. The fourth-order valence-corrected chi connectivity index (χ4v) is 10.3. The Labute approximate surface area is 407 Å². The largest absolute Gasteiger partial charge is 0.412 e. The molecule has 0 aromatic heterocycles.